The summed E-state index contributed by atoms with van der Waals surface area (Å²) in [6, 6.07) is 71.6. The molecular weight excluding hydrogens is 695 g/mol. The zero-order valence-corrected chi connectivity index (χ0v) is 30.8. The molecule has 12 rings (SSSR count). The van der Waals surface area contributed by atoms with Crippen LogP contribution < -0.4 is 4.90 Å². The minimum absolute atomic E-state index is 0.877. The van der Waals surface area contributed by atoms with Gasteiger partial charge in [0.15, 0.2) is 0 Å². The van der Waals surface area contributed by atoms with Crippen LogP contribution in [0.15, 0.2) is 209 Å². The monoisotopic (exact) mass is 727 g/mol. The zero-order valence-electron chi connectivity index (χ0n) is 30.8. The average molecular weight is 728 g/mol. The molecular formula is C54H33NO2. The number of hydrogen-bond donors (Lipinski definition) is 0. The van der Waals surface area contributed by atoms with E-state index in [4.69, 9.17) is 8.83 Å². The molecule has 0 saturated heterocycles. The van der Waals surface area contributed by atoms with Crippen molar-refractivity contribution in [3.8, 4) is 22.3 Å². The molecule has 0 aliphatic rings. The van der Waals surface area contributed by atoms with Gasteiger partial charge in [0.1, 0.15) is 22.3 Å². The lowest BCUT2D eigenvalue weighted by molar-refractivity contribution is 0.669. The molecule has 0 aliphatic carbocycles. The van der Waals surface area contributed by atoms with Crippen molar-refractivity contribution in [1.82, 2.24) is 0 Å². The standard InChI is InChI=1S/C54H33NO2/c1-4-13-43-34(10-1)24-30-47-53-42(17-9-19-52(53)57-54(43)47)35-20-25-38(26-21-35)55(40-29-31-51-49(33-40)46-16-7-8-18-50(46)56-51)39-27-22-36(23-28-39)48-32-37-11-2-3-12-41(37)44-14-5-6-15-45(44)48/h1-33H. The van der Waals surface area contributed by atoms with E-state index in [0.717, 1.165) is 77.5 Å². The molecule has 266 valence electrons. The molecule has 0 amide bonds. The number of nitrogens with zero attached hydrogens (tertiary/aromatic N) is 1. The Kier molecular flexibility index (Phi) is 6.93. The number of rotatable bonds is 5. The van der Waals surface area contributed by atoms with Crippen LogP contribution in [0.2, 0.25) is 0 Å². The lowest BCUT2D eigenvalue weighted by Crippen LogP contribution is -2.09. The van der Waals surface area contributed by atoms with Crippen LogP contribution in [0.25, 0.3) is 98.4 Å². The second kappa shape index (κ2) is 12.5. The third-order valence-corrected chi connectivity index (χ3v) is 11.6. The van der Waals surface area contributed by atoms with Crippen molar-refractivity contribution in [2.24, 2.45) is 0 Å². The molecule has 57 heavy (non-hydrogen) atoms. The predicted molar refractivity (Wildman–Crippen MR) is 239 cm³/mol. The van der Waals surface area contributed by atoms with Gasteiger partial charge < -0.3 is 13.7 Å². The summed E-state index contributed by atoms with van der Waals surface area (Å²) < 4.78 is 12.8. The summed E-state index contributed by atoms with van der Waals surface area (Å²) >= 11 is 0. The summed E-state index contributed by atoms with van der Waals surface area (Å²) in [4.78, 5) is 2.34. The molecule has 0 N–H and O–H groups in total. The molecule has 0 spiro atoms. The number of hydrogen-bond acceptors (Lipinski definition) is 3. The molecule has 10 aromatic carbocycles. The maximum Gasteiger partial charge on any atom is 0.143 e. The first kappa shape index (κ1) is 31.7. The Morgan fingerprint density at radius 2 is 0.895 bits per heavy atom. The van der Waals surface area contributed by atoms with E-state index in [-0.39, 0.29) is 0 Å². The van der Waals surface area contributed by atoms with Crippen LogP contribution in [0.3, 0.4) is 0 Å². The topological polar surface area (TPSA) is 29.5 Å². The highest BCUT2D eigenvalue weighted by atomic mass is 16.3. The predicted octanol–water partition coefficient (Wildman–Crippen LogP) is 15.7. The summed E-state index contributed by atoms with van der Waals surface area (Å²) in [5.74, 6) is 0. The quantitative estimate of drug-likeness (QED) is 0.165. The molecule has 2 heterocycles. The molecule has 0 atom stereocenters. The van der Waals surface area contributed by atoms with Crippen LogP contribution in [0.4, 0.5) is 17.1 Å². The number of fused-ring (bicyclic) bond motifs is 11. The Hall–Kier alpha value is -7.62. The fraction of sp³-hybridized carbons (Fsp3) is 0. The van der Waals surface area contributed by atoms with Gasteiger partial charge in [-0.1, -0.05) is 133 Å². The maximum atomic E-state index is 6.53. The van der Waals surface area contributed by atoms with E-state index in [0.29, 0.717) is 0 Å². The Labute approximate surface area is 328 Å². The Balaban J connectivity index is 0.999. The van der Waals surface area contributed by atoms with Gasteiger partial charge in [0.05, 0.1) is 0 Å². The summed E-state index contributed by atoms with van der Waals surface area (Å²) in [7, 11) is 0. The largest absolute Gasteiger partial charge is 0.456 e. The van der Waals surface area contributed by atoms with Gasteiger partial charge in [0, 0.05) is 44.0 Å². The van der Waals surface area contributed by atoms with Crippen LogP contribution in [0, 0.1) is 0 Å². The van der Waals surface area contributed by atoms with Crippen molar-refractivity contribution < 1.29 is 8.83 Å². The van der Waals surface area contributed by atoms with Gasteiger partial charge in [0.25, 0.3) is 0 Å². The van der Waals surface area contributed by atoms with E-state index in [9.17, 15) is 0 Å². The van der Waals surface area contributed by atoms with Gasteiger partial charge in [-0.05, 0) is 116 Å². The first-order valence-electron chi connectivity index (χ1n) is 19.4. The Morgan fingerprint density at radius 1 is 0.298 bits per heavy atom. The van der Waals surface area contributed by atoms with Crippen molar-refractivity contribution in [2.45, 2.75) is 0 Å². The second-order valence-electron chi connectivity index (χ2n) is 14.8. The van der Waals surface area contributed by atoms with Gasteiger partial charge in [-0.15, -0.1) is 0 Å². The zero-order chi connectivity index (χ0) is 37.5. The van der Waals surface area contributed by atoms with Gasteiger partial charge in [-0.3, -0.25) is 0 Å². The second-order valence-corrected chi connectivity index (χ2v) is 14.8. The SMILES string of the molecule is c1ccc2c(c1)cc(-c1ccc(N(c3ccc(-c4cccc5oc6c7ccccc7ccc6c45)cc3)c3ccc4oc5ccccc5c4c3)cc1)c1ccccc12. The number of para-hydroxylation sites is 1. The van der Waals surface area contributed by atoms with E-state index >= 15 is 0 Å². The third-order valence-electron chi connectivity index (χ3n) is 11.6. The summed E-state index contributed by atoms with van der Waals surface area (Å²) in [5.41, 5.74) is 11.5. The summed E-state index contributed by atoms with van der Waals surface area (Å²) in [6.07, 6.45) is 0. The lowest BCUT2D eigenvalue weighted by atomic mass is 9.93. The van der Waals surface area contributed by atoms with Crippen molar-refractivity contribution in [2.75, 3.05) is 4.90 Å². The van der Waals surface area contributed by atoms with E-state index < -0.39 is 0 Å². The van der Waals surface area contributed by atoms with Crippen LogP contribution in [0.1, 0.15) is 0 Å². The van der Waals surface area contributed by atoms with Crippen LogP contribution in [-0.2, 0) is 0 Å². The number of benzene rings is 10. The van der Waals surface area contributed by atoms with Crippen LogP contribution in [0.5, 0.6) is 0 Å². The fourth-order valence-electron chi connectivity index (χ4n) is 8.97. The smallest absolute Gasteiger partial charge is 0.143 e. The van der Waals surface area contributed by atoms with Crippen molar-refractivity contribution in [3.63, 3.8) is 0 Å². The van der Waals surface area contributed by atoms with Crippen LogP contribution >= 0.6 is 0 Å². The lowest BCUT2D eigenvalue weighted by Gasteiger charge is -2.26. The minimum Gasteiger partial charge on any atom is -0.456 e. The highest BCUT2D eigenvalue weighted by Crippen LogP contribution is 2.43. The van der Waals surface area contributed by atoms with Crippen molar-refractivity contribution in [3.05, 3.63) is 200 Å². The molecule has 0 saturated carbocycles. The first-order chi connectivity index (χ1) is 28.2. The average Bonchev–Trinajstić information content (AvgIpc) is 3.86. The van der Waals surface area contributed by atoms with Gasteiger partial charge in [0.2, 0.25) is 0 Å². The first-order valence-corrected chi connectivity index (χ1v) is 19.4. The maximum absolute atomic E-state index is 6.53. The van der Waals surface area contributed by atoms with E-state index in [1.807, 2.05) is 12.1 Å². The molecule has 0 bridgehead atoms. The molecule has 0 radical (unpaired) electrons. The van der Waals surface area contributed by atoms with Crippen molar-refractivity contribution >= 4 is 93.3 Å². The molecule has 2 aromatic heterocycles. The van der Waals surface area contributed by atoms with Gasteiger partial charge >= 0.3 is 0 Å². The van der Waals surface area contributed by atoms with E-state index in [1.54, 1.807) is 0 Å². The minimum atomic E-state index is 0.877. The Morgan fingerprint density at radius 3 is 1.68 bits per heavy atom. The highest BCUT2D eigenvalue weighted by molar-refractivity contribution is 6.19. The van der Waals surface area contributed by atoms with E-state index in [1.165, 1.54) is 38.1 Å². The molecule has 3 nitrogen and oxygen atoms in total. The normalized spacial score (nSPS) is 11.9. The molecule has 12 aromatic rings. The number of anilines is 3. The summed E-state index contributed by atoms with van der Waals surface area (Å²) in [5, 5.41) is 11.8. The van der Waals surface area contributed by atoms with E-state index in [2.05, 4.69) is 193 Å². The van der Waals surface area contributed by atoms with Gasteiger partial charge in [-0.25, -0.2) is 0 Å². The molecule has 0 fully saturated rings. The fourth-order valence-corrected chi connectivity index (χ4v) is 8.97. The molecule has 0 aliphatic heterocycles. The third kappa shape index (κ3) is 4.99. The summed E-state index contributed by atoms with van der Waals surface area (Å²) in [6.45, 7) is 0. The Bertz CT molecular complexity index is 3520. The van der Waals surface area contributed by atoms with Crippen molar-refractivity contribution in [1.29, 1.82) is 0 Å². The number of furan rings is 2. The molecule has 3 heteroatoms. The van der Waals surface area contributed by atoms with Crippen LogP contribution in [-0.4, -0.2) is 0 Å². The molecule has 0 unspecified atom stereocenters. The van der Waals surface area contributed by atoms with Gasteiger partial charge in [-0.2, -0.15) is 0 Å². The highest BCUT2D eigenvalue weighted by Gasteiger charge is 2.19.